The Bertz CT molecular complexity index is 552. The maximum absolute atomic E-state index is 10.9. The predicted molar refractivity (Wildman–Crippen MR) is 70.3 cm³/mol. The molecule has 0 atom stereocenters. The molecule has 0 amide bonds. The van der Waals surface area contributed by atoms with Crippen molar-refractivity contribution in [1.29, 1.82) is 0 Å². The molecule has 2 rings (SSSR count). The van der Waals surface area contributed by atoms with Gasteiger partial charge < -0.3 is 9.84 Å². The van der Waals surface area contributed by atoms with E-state index in [4.69, 9.17) is 4.74 Å². The van der Waals surface area contributed by atoms with Gasteiger partial charge in [-0.15, -0.1) is 0 Å². The number of benzene rings is 2. The van der Waals surface area contributed by atoms with Crippen molar-refractivity contribution in [2.75, 3.05) is 11.9 Å². The van der Waals surface area contributed by atoms with Crippen molar-refractivity contribution in [3.05, 3.63) is 35.9 Å². The second-order valence-corrected chi connectivity index (χ2v) is 4.30. The number of carbonyl (C=O) groups is 1. The van der Waals surface area contributed by atoms with E-state index < -0.39 is 0 Å². The van der Waals surface area contributed by atoms with Crippen LogP contribution in [0.4, 0.5) is 0 Å². The molecule has 0 heterocycles. The minimum Gasteiger partial charge on any atom is -0.507 e. The molecule has 2 aromatic rings. The molecular formula is C13H11BrO3. The molecule has 1 N–H and O–H groups in total. The highest BCUT2D eigenvalue weighted by atomic mass is 79.9. The molecule has 0 aliphatic heterocycles. The van der Waals surface area contributed by atoms with Gasteiger partial charge in [-0.1, -0.05) is 28.1 Å². The number of fused-ring (bicyclic) bond motifs is 1. The lowest BCUT2D eigenvalue weighted by Crippen LogP contribution is -1.99. The smallest absolute Gasteiger partial charge is 0.150 e. The van der Waals surface area contributed by atoms with Crippen molar-refractivity contribution in [1.82, 2.24) is 0 Å². The fraction of sp³-hybridized carbons (Fsp3) is 0.154. The van der Waals surface area contributed by atoms with Crippen LogP contribution in [0, 0.1) is 0 Å². The summed E-state index contributed by atoms with van der Waals surface area (Å²) in [6.07, 6.45) is 0.732. The number of aromatic hydroxyl groups is 1. The summed E-state index contributed by atoms with van der Waals surface area (Å²) in [4.78, 5) is 10.9. The van der Waals surface area contributed by atoms with Gasteiger partial charge in [0.15, 0.2) is 6.29 Å². The van der Waals surface area contributed by atoms with Crippen LogP contribution in [0.5, 0.6) is 11.5 Å². The molecule has 0 saturated carbocycles. The van der Waals surface area contributed by atoms with Crippen molar-refractivity contribution in [2.24, 2.45) is 0 Å². The molecule has 17 heavy (non-hydrogen) atoms. The Morgan fingerprint density at radius 3 is 2.82 bits per heavy atom. The van der Waals surface area contributed by atoms with Crippen LogP contribution in [0.15, 0.2) is 30.3 Å². The van der Waals surface area contributed by atoms with E-state index in [1.165, 1.54) is 0 Å². The minimum atomic E-state index is 0.0916. The summed E-state index contributed by atoms with van der Waals surface area (Å²) in [5.74, 6) is 0.759. The molecule has 2 aromatic carbocycles. The van der Waals surface area contributed by atoms with Crippen molar-refractivity contribution >= 4 is 33.0 Å². The molecular weight excluding hydrogens is 284 g/mol. The average Bonchev–Trinajstić information content (AvgIpc) is 2.36. The molecule has 0 spiro atoms. The SMILES string of the molecule is O=Cc1ccc(OCCBr)c2cccc(O)c12. The summed E-state index contributed by atoms with van der Waals surface area (Å²) in [6, 6.07) is 8.51. The molecule has 3 nitrogen and oxygen atoms in total. The van der Waals surface area contributed by atoms with Gasteiger partial charge in [-0.25, -0.2) is 0 Å². The number of halogens is 1. The van der Waals surface area contributed by atoms with Crippen LogP contribution in [-0.4, -0.2) is 23.3 Å². The lowest BCUT2D eigenvalue weighted by atomic mass is 10.0. The Balaban J connectivity index is 2.65. The van der Waals surface area contributed by atoms with Crippen molar-refractivity contribution < 1.29 is 14.6 Å². The number of alkyl halides is 1. The molecule has 0 radical (unpaired) electrons. The van der Waals surface area contributed by atoms with Crippen LogP contribution in [0.3, 0.4) is 0 Å². The fourth-order valence-corrected chi connectivity index (χ4v) is 1.92. The molecule has 0 aliphatic carbocycles. The molecule has 0 bridgehead atoms. The van der Waals surface area contributed by atoms with Gasteiger partial charge in [0, 0.05) is 21.7 Å². The highest BCUT2D eigenvalue weighted by Gasteiger charge is 2.09. The quantitative estimate of drug-likeness (QED) is 0.696. The van der Waals surface area contributed by atoms with Crippen LogP contribution >= 0.6 is 15.9 Å². The van der Waals surface area contributed by atoms with Crippen molar-refractivity contribution in [3.8, 4) is 11.5 Å². The zero-order valence-electron chi connectivity index (χ0n) is 9.02. The largest absolute Gasteiger partial charge is 0.507 e. The molecule has 0 fully saturated rings. The van der Waals surface area contributed by atoms with E-state index in [1.807, 2.05) is 6.07 Å². The van der Waals surface area contributed by atoms with E-state index in [1.54, 1.807) is 24.3 Å². The third kappa shape index (κ3) is 2.26. The number of phenolic OH excluding ortho intramolecular Hbond substituents is 1. The predicted octanol–water partition coefficient (Wildman–Crippen LogP) is 3.13. The van der Waals surface area contributed by atoms with Gasteiger partial charge in [0.05, 0.1) is 6.61 Å². The average molecular weight is 295 g/mol. The zero-order chi connectivity index (χ0) is 12.3. The highest BCUT2D eigenvalue weighted by Crippen LogP contribution is 2.33. The highest BCUT2D eigenvalue weighted by molar-refractivity contribution is 9.09. The van der Waals surface area contributed by atoms with Crippen LogP contribution in [-0.2, 0) is 0 Å². The standard InChI is InChI=1S/C13H11BrO3/c14-6-7-17-12-5-4-9(8-15)13-10(12)2-1-3-11(13)16/h1-5,8,16H,6-7H2. The first-order valence-corrected chi connectivity index (χ1v) is 6.28. The first-order chi connectivity index (χ1) is 8.27. The van der Waals surface area contributed by atoms with Gasteiger partial charge in [-0.2, -0.15) is 0 Å². The third-order valence-electron chi connectivity index (χ3n) is 2.47. The van der Waals surface area contributed by atoms with E-state index in [9.17, 15) is 9.90 Å². The van der Waals surface area contributed by atoms with Crippen LogP contribution < -0.4 is 4.74 Å². The number of carbonyl (C=O) groups excluding carboxylic acids is 1. The van der Waals surface area contributed by atoms with Gasteiger partial charge in [0.2, 0.25) is 0 Å². The molecule has 0 aromatic heterocycles. The third-order valence-corrected chi connectivity index (χ3v) is 2.80. The second-order valence-electron chi connectivity index (χ2n) is 3.51. The number of ether oxygens (including phenoxy) is 1. The van der Waals surface area contributed by atoms with Crippen molar-refractivity contribution in [2.45, 2.75) is 0 Å². The second kappa shape index (κ2) is 5.19. The van der Waals surface area contributed by atoms with Gasteiger partial charge >= 0.3 is 0 Å². The summed E-state index contributed by atoms with van der Waals surface area (Å²) >= 11 is 3.28. The number of aldehydes is 1. The van der Waals surface area contributed by atoms with Gasteiger partial charge in [0.25, 0.3) is 0 Å². The summed E-state index contributed by atoms with van der Waals surface area (Å²) < 4.78 is 5.55. The van der Waals surface area contributed by atoms with Crippen LogP contribution in [0.25, 0.3) is 10.8 Å². The summed E-state index contributed by atoms with van der Waals surface area (Å²) in [6.45, 7) is 0.533. The van der Waals surface area contributed by atoms with E-state index in [2.05, 4.69) is 15.9 Å². The molecule has 0 unspecified atom stereocenters. The van der Waals surface area contributed by atoms with Gasteiger partial charge in [-0.3, -0.25) is 4.79 Å². The summed E-state index contributed by atoms with van der Waals surface area (Å²) in [7, 11) is 0. The Labute approximate surface area is 107 Å². The van der Waals surface area contributed by atoms with E-state index in [0.717, 1.165) is 17.0 Å². The summed E-state index contributed by atoms with van der Waals surface area (Å²) in [5.41, 5.74) is 0.462. The number of hydrogen-bond donors (Lipinski definition) is 1. The first-order valence-electron chi connectivity index (χ1n) is 5.16. The number of rotatable bonds is 4. The Morgan fingerprint density at radius 2 is 2.12 bits per heavy atom. The maximum atomic E-state index is 10.9. The summed E-state index contributed by atoms with van der Waals surface area (Å²) in [5, 5.41) is 11.8. The van der Waals surface area contributed by atoms with Gasteiger partial charge in [0.1, 0.15) is 11.5 Å². The molecule has 4 heteroatoms. The van der Waals surface area contributed by atoms with Gasteiger partial charge in [-0.05, 0) is 18.2 Å². The minimum absolute atomic E-state index is 0.0916. The fourth-order valence-electron chi connectivity index (χ4n) is 1.76. The normalized spacial score (nSPS) is 10.4. The Morgan fingerprint density at radius 1 is 1.29 bits per heavy atom. The van der Waals surface area contributed by atoms with Crippen LogP contribution in [0.2, 0.25) is 0 Å². The molecule has 88 valence electrons. The lowest BCUT2D eigenvalue weighted by Gasteiger charge is -2.10. The van der Waals surface area contributed by atoms with Crippen molar-refractivity contribution in [3.63, 3.8) is 0 Å². The van der Waals surface area contributed by atoms with Crippen LogP contribution in [0.1, 0.15) is 10.4 Å². The molecule has 0 aliphatic rings. The maximum Gasteiger partial charge on any atom is 0.150 e. The van der Waals surface area contributed by atoms with E-state index in [-0.39, 0.29) is 5.75 Å². The Hall–Kier alpha value is -1.55. The molecule has 0 saturated heterocycles. The number of phenols is 1. The first kappa shape index (κ1) is 11.9. The monoisotopic (exact) mass is 294 g/mol. The lowest BCUT2D eigenvalue weighted by molar-refractivity contribution is 0.112. The Kier molecular flexibility index (Phi) is 3.64. The van der Waals surface area contributed by atoms with E-state index in [0.29, 0.717) is 23.3 Å². The number of hydrogen-bond acceptors (Lipinski definition) is 3. The van der Waals surface area contributed by atoms with E-state index >= 15 is 0 Å². The zero-order valence-corrected chi connectivity index (χ0v) is 10.6. The topological polar surface area (TPSA) is 46.5 Å².